The van der Waals surface area contributed by atoms with Crippen molar-refractivity contribution < 1.29 is 42.0 Å². The molecule has 35 heavy (non-hydrogen) atoms. The Morgan fingerprint density at radius 2 is 1.66 bits per heavy atom. The Morgan fingerprint density at radius 1 is 1.00 bits per heavy atom. The van der Waals surface area contributed by atoms with Crippen LogP contribution in [-0.2, 0) is 41.8 Å². The summed E-state index contributed by atoms with van der Waals surface area (Å²) in [5, 5.41) is 23.6. The molecule has 0 heterocycles. The molecular formula is C22H27N3O9S. The van der Waals surface area contributed by atoms with E-state index in [2.05, 4.69) is 14.9 Å². The van der Waals surface area contributed by atoms with Crippen LogP contribution >= 0.6 is 0 Å². The van der Waals surface area contributed by atoms with Gasteiger partial charge in [-0.3, -0.25) is 9.59 Å². The number of phenolic OH excluding ortho intramolecular Hbond substituents is 1. The first-order chi connectivity index (χ1) is 16.6. The zero-order valence-corrected chi connectivity index (χ0v) is 19.7. The van der Waals surface area contributed by atoms with Crippen molar-refractivity contribution in [1.82, 2.24) is 16.1 Å². The molecule has 2 rings (SSSR count). The third-order valence-electron chi connectivity index (χ3n) is 4.58. The third kappa shape index (κ3) is 10.00. The summed E-state index contributed by atoms with van der Waals surface area (Å²) in [4.78, 5) is 35.6. The van der Waals surface area contributed by atoms with E-state index in [1.165, 1.54) is 19.1 Å². The first-order valence-corrected chi connectivity index (χ1v) is 12.0. The third-order valence-corrected chi connectivity index (χ3v) is 5.80. The molecule has 2 aromatic rings. The topological polar surface area (TPSA) is 180 Å². The lowest BCUT2D eigenvalue weighted by atomic mass is 10.1. The van der Waals surface area contributed by atoms with Gasteiger partial charge in [-0.25, -0.2) is 10.3 Å². The van der Waals surface area contributed by atoms with Crippen molar-refractivity contribution in [3.8, 4) is 5.75 Å². The van der Waals surface area contributed by atoms with Gasteiger partial charge >= 0.3 is 16.2 Å². The van der Waals surface area contributed by atoms with Crippen LogP contribution in [0.5, 0.6) is 5.75 Å². The van der Waals surface area contributed by atoms with Crippen LogP contribution in [0.4, 0.5) is 4.79 Å². The first-order valence-electron chi connectivity index (χ1n) is 10.5. The van der Waals surface area contributed by atoms with Gasteiger partial charge in [-0.05, 0) is 43.0 Å². The van der Waals surface area contributed by atoms with Crippen molar-refractivity contribution in [3.63, 3.8) is 0 Å². The van der Waals surface area contributed by atoms with Gasteiger partial charge < -0.3 is 25.6 Å². The van der Waals surface area contributed by atoms with E-state index < -0.39 is 46.0 Å². The van der Waals surface area contributed by atoms with Crippen LogP contribution in [0.1, 0.15) is 24.5 Å². The van der Waals surface area contributed by atoms with Gasteiger partial charge in [-0.2, -0.15) is 8.42 Å². The smallest absolute Gasteiger partial charge is 0.407 e. The molecule has 13 heteroatoms. The molecule has 0 bridgehead atoms. The Morgan fingerprint density at radius 3 is 2.31 bits per heavy atom. The van der Waals surface area contributed by atoms with Crippen molar-refractivity contribution in [3.05, 3.63) is 65.7 Å². The molecule has 2 aromatic carbocycles. The summed E-state index contributed by atoms with van der Waals surface area (Å²) in [5.41, 5.74) is 1.19. The number of aliphatic hydroxyl groups is 1. The number of aryl methyl sites for hydroxylation is 1. The SMILES string of the molecule is C[C@H](NC(=O)CNC(=O)OCc1ccccc1)C(=O)NOS(=O)(=O)C(O)CCc1ccc(O)cc1. The Balaban J connectivity index is 1.68. The first kappa shape index (κ1) is 27.6. The summed E-state index contributed by atoms with van der Waals surface area (Å²) in [6.07, 6.45) is -0.885. The number of hydrogen-bond acceptors (Lipinski definition) is 9. The van der Waals surface area contributed by atoms with Crippen LogP contribution in [0.3, 0.4) is 0 Å². The van der Waals surface area contributed by atoms with Crippen LogP contribution in [-0.4, -0.2) is 54.6 Å². The summed E-state index contributed by atoms with van der Waals surface area (Å²) < 4.78 is 33.4. The second-order valence-electron chi connectivity index (χ2n) is 7.41. The number of aromatic hydroxyl groups is 1. The Hall–Kier alpha value is -3.68. The molecule has 5 N–H and O–H groups in total. The zero-order chi connectivity index (χ0) is 25.8. The highest BCUT2D eigenvalue weighted by Crippen LogP contribution is 2.14. The lowest BCUT2D eigenvalue weighted by Gasteiger charge is -2.16. The van der Waals surface area contributed by atoms with Crippen molar-refractivity contribution in [1.29, 1.82) is 0 Å². The lowest BCUT2D eigenvalue weighted by Crippen LogP contribution is -2.48. The van der Waals surface area contributed by atoms with Gasteiger partial charge in [0.2, 0.25) is 5.91 Å². The van der Waals surface area contributed by atoms with Gasteiger partial charge in [0.1, 0.15) is 24.9 Å². The standard InChI is InChI=1S/C22H27N3O9S/c1-15(24-19(27)13-23-22(30)33-14-17-5-3-2-4-6-17)21(29)25-34-35(31,32)20(28)12-9-16-7-10-18(26)11-8-16/h2-8,10-11,15,20,26,28H,9,12-14H2,1H3,(H,23,30)(H,24,27)(H,25,29)/t15-,20?/m0/s1. The van der Waals surface area contributed by atoms with E-state index in [-0.39, 0.29) is 25.2 Å². The predicted octanol–water partition coefficient (Wildman–Crippen LogP) is 0.452. The minimum atomic E-state index is -4.56. The summed E-state index contributed by atoms with van der Waals surface area (Å²) >= 11 is 0. The van der Waals surface area contributed by atoms with E-state index in [1.54, 1.807) is 41.9 Å². The number of hydroxylamine groups is 1. The highest BCUT2D eigenvalue weighted by Gasteiger charge is 2.26. The molecule has 3 amide bonds. The second kappa shape index (κ2) is 13.3. The maximum atomic E-state index is 12.0. The highest BCUT2D eigenvalue weighted by atomic mass is 32.2. The molecule has 0 saturated heterocycles. The number of carbonyl (C=O) groups is 3. The van der Waals surface area contributed by atoms with E-state index >= 15 is 0 Å². The molecule has 1 unspecified atom stereocenters. The molecule has 2 atom stereocenters. The fourth-order valence-electron chi connectivity index (χ4n) is 2.62. The van der Waals surface area contributed by atoms with E-state index in [4.69, 9.17) is 4.74 Å². The fourth-order valence-corrected chi connectivity index (χ4v) is 3.34. The summed E-state index contributed by atoms with van der Waals surface area (Å²) in [6, 6.07) is 13.7. The maximum absolute atomic E-state index is 12.0. The van der Waals surface area contributed by atoms with Gasteiger partial charge in [-0.15, -0.1) is 4.28 Å². The fraction of sp³-hybridized carbons (Fsp3) is 0.318. The molecule has 12 nitrogen and oxygen atoms in total. The monoisotopic (exact) mass is 509 g/mol. The number of alkyl carbamates (subject to hydrolysis) is 1. The molecule has 0 aromatic heterocycles. The summed E-state index contributed by atoms with van der Waals surface area (Å²) in [5.74, 6) is -1.69. The van der Waals surface area contributed by atoms with Gasteiger partial charge in [0.25, 0.3) is 5.91 Å². The summed E-state index contributed by atoms with van der Waals surface area (Å²) in [7, 11) is -4.56. The van der Waals surface area contributed by atoms with E-state index in [9.17, 15) is 33.0 Å². The second-order valence-corrected chi connectivity index (χ2v) is 9.10. The highest BCUT2D eigenvalue weighted by molar-refractivity contribution is 7.87. The molecule has 0 radical (unpaired) electrons. The zero-order valence-electron chi connectivity index (χ0n) is 18.8. The number of carbonyl (C=O) groups excluding carboxylic acids is 3. The normalized spacial score (nSPS) is 12.7. The lowest BCUT2D eigenvalue weighted by molar-refractivity contribution is -0.132. The number of aliphatic hydroxyl groups excluding tert-OH is 1. The van der Waals surface area contributed by atoms with Crippen molar-refractivity contribution in [2.24, 2.45) is 0 Å². The van der Waals surface area contributed by atoms with Crippen LogP contribution in [0.15, 0.2) is 54.6 Å². The maximum Gasteiger partial charge on any atom is 0.407 e. The minimum absolute atomic E-state index is 0.0136. The van der Waals surface area contributed by atoms with Gasteiger partial charge in [0, 0.05) is 0 Å². The Labute approximate surface area is 202 Å². The molecular weight excluding hydrogens is 482 g/mol. The number of rotatable bonds is 12. The Bertz CT molecular complexity index is 1090. The summed E-state index contributed by atoms with van der Waals surface area (Å²) in [6.45, 7) is 0.790. The molecule has 0 aliphatic rings. The Kier molecular flexibility index (Phi) is 10.5. The number of benzene rings is 2. The van der Waals surface area contributed by atoms with E-state index in [0.29, 0.717) is 5.56 Å². The molecule has 0 aliphatic heterocycles. The predicted molar refractivity (Wildman–Crippen MR) is 123 cm³/mol. The molecule has 190 valence electrons. The molecule has 0 aliphatic carbocycles. The molecule has 0 fully saturated rings. The van der Waals surface area contributed by atoms with E-state index in [0.717, 1.165) is 5.56 Å². The average Bonchev–Trinajstić information content (AvgIpc) is 2.84. The van der Waals surface area contributed by atoms with Crippen molar-refractivity contribution in [2.75, 3.05) is 6.54 Å². The number of hydrogen-bond donors (Lipinski definition) is 5. The van der Waals surface area contributed by atoms with Crippen molar-refractivity contribution >= 4 is 28.0 Å². The molecule has 0 saturated carbocycles. The van der Waals surface area contributed by atoms with Gasteiger partial charge in [0.15, 0.2) is 5.44 Å². The minimum Gasteiger partial charge on any atom is -0.508 e. The van der Waals surface area contributed by atoms with Gasteiger partial charge in [-0.1, -0.05) is 42.5 Å². The van der Waals surface area contributed by atoms with Crippen LogP contribution in [0.2, 0.25) is 0 Å². The van der Waals surface area contributed by atoms with Crippen molar-refractivity contribution in [2.45, 2.75) is 37.9 Å². The largest absolute Gasteiger partial charge is 0.508 e. The van der Waals surface area contributed by atoms with Gasteiger partial charge in [0.05, 0.1) is 0 Å². The quantitative estimate of drug-likeness (QED) is 0.254. The van der Waals surface area contributed by atoms with Crippen LogP contribution < -0.4 is 16.1 Å². The number of amides is 3. The number of nitrogens with one attached hydrogen (secondary N) is 3. The average molecular weight is 510 g/mol. The van der Waals surface area contributed by atoms with Crippen LogP contribution in [0.25, 0.3) is 0 Å². The molecule has 0 spiro atoms. The number of ether oxygens (including phenoxy) is 1. The van der Waals surface area contributed by atoms with Crippen LogP contribution in [0, 0.1) is 0 Å². The number of phenols is 1. The van der Waals surface area contributed by atoms with E-state index in [1.807, 2.05) is 6.07 Å².